The fraction of sp³-hybridized carbons (Fsp3) is 0.143. The fourth-order valence-corrected chi connectivity index (χ4v) is 2.16. The number of rotatable bonds is 4. The lowest BCUT2D eigenvalue weighted by Crippen LogP contribution is -2.23. The monoisotopic (exact) mass is 352 g/mol. The normalized spacial score (nSPS) is 10.7. The number of hydrogen-bond donors (Lipinski definition) is 0. The van der Waals surface area contributed by atoms with Crippen LogP contribution in [-0.4, -0.2) is 27.0 Å². The van der Waals surface area contributed by atoms with Gasteiger partial charge in [0.15, 0.2) is 0 Å². The van der Waals surface area contributed by atoms with Gasteiger partial charge >= 0.3 is 0 Å². The lowest BCUT2D eigenvalue weighted by atomic mass is 10.2. The maximum atomic E-state index is 11.9. The van der Waals surface area contributed by atoms with E-state index in [0.717, 1.165) is 10.2 Å². The smallest absolute Gasteiger partial charge is 0.287 e. The molecule has 2 aromatic heterocycles. The molecule has 23 heavy (non-hydrogen) atoms. The van der Waals surface area contributed by atoms with Gasteiger partial charge in [-0.3, -0.25) is 4.79 Å². The van der Waals surface area contributed by atoms with Gasteiger partial charge in [0.05, 0.1) is 18.3 Å². The third-order valence-corrected chi connectivity index (χ3v) is 3.77. The van der Waals surface area contributed by atoms with E-state index in [4.69, 9.17) is 32.5 Å². The maximum absolute atomic E-state index is 11.9. The first kappa shape index (κ1) is 15.5. The minimum atomic E-state index is -0.528. The first-order chi connectivity index (χ1) is 11.1. The van der Waals surface area contributed by atoms with Gasteiger partial charge in [0.2, 0.25) is 11.7 Å². The molecule has 3 rings (SSSR count). The molecule has 9 heteroatoms. The van der Waals surface area contributed by atoms with E-state index < -0.39 is 5.56 Å². The zero-order chi connectivity index (χ0) is 16.4. The third kappa shape index (κ3) is 3.20. The van der Waals surface area contributed by atoms with Crippen molar-refractivity contribution in [2.24, 2.45) is 0 Å². The van der Waals surface area contributed by atoms with E-state index in [1.165, 1.54) is 6.20 Å². The molecule has 2 heterocycles. The second-order valence-electron chi connectivity index (χ2n) is 4.51. The lowest BCUT2D eigenvalue weighted by Gasteiger charge is -2.01. The van der Waals surface area contributed by atoms with Crippen LogP contribution in [-0.2, 0) is 6.54 Å². The molecule has 7 nitrogen and oxygen atoms in total. The molecule has 0 fully saturated rings. The van der Waals surface area contributed by atoms with E-state index in [-0.39, 0.29) is 22.5 Å². The Morgan fingerprint density at radius 3 is 2.96 bits per heavy atom. The van der Waals surface area contributed by atoms with Gasteiger partial charge in [-0.1, -0.05) is 40.5 Å². The van der Waals surface area contributed by atoms with Crippen LogP contribution in [0.1, 0.15) is 5.89 Å². The summed E-state index contributed by atoms with van der Waals surface area (Å²) in [6.07, 6.45) is 1.28. The number of benzene rings is 1. The lowest BCUT2D eigenvalue weighted by molar-refractivity contribution is 0.363. The standard InChI is InChI=1S/C14H10Cl2N4O3/c1-22-9-4-2-3-8(5-9)13-18-11(23-19-13)7-20-14(21)12(16)10(15)6-17-20/h2-6H,7H2,1H3. The second kappa shape index (κ2) is 6.39. The molecule has 1 aromatic carbocycles. The Balaban J connectivity index is 1.88. The van der Waals surface area contributed by atoms with Crippen LogP contribution in [0, 0.1) is 0 Å². The van der Waals surface area contributed by atoms with Crippen LogP contribution in [0.4, 0.5) is 0 Å². The molecule has 0 spiro atoms. The molecule has 118 valence electrons. The minimum absolute atomic E-state index is 0.00725. The predicted octanol–water partition coefficient (Wildman–Crippen LogP) is 2.66. The molecule has 0 saturated heterocycles. The number of hydrogen-bond acceptors (Lipinski definition) is 6. The summed E-state index contributed by atoms with van der Waals surface area (Å²) in [6, 6.07) is 7.22. The molecule has 0 radical (unpaired) electrons. The van der Waals surface area contributed by atoms with E-state index in [1.54, 1.807) is 13.2 Å². The first-order valence-corrected chi connectivity index (χ1v) is 7.22. The van der Waals surface area contributed by atoms with Gasteiger partial charge in [0, 0.05) is 5.56 Å². The van der Waals surface area contributed by atoms with Crippen molar-refractivity contribution >= 4 is 23.2 Å². The molecule has 0 saturated carbocycles. The summed E-state index contributed by atoms with van der Waals surface area (Å²) in [7, 11) is 1.57. The van der Waals surface area contributed by atoms with Crippen molar-refractivity contribution in [3.63, 3.8) is 0 Å². The summed E-state index contributed by atoms with van der Waals surface area (Å²) < 4.78 is 11.4. The molecule has 0 bridgehead atoms. The van der Waals surface area contributed by atoms with Crippen LogP contribution in [0.25, 0.3) is 11.4 Å². The van der Waals surface area contributed by atoms with Crippen molar-refractivity contribution in [1.82, 2.24) is 19.9 Å². The predicted molar refractivity (Wildman–Crippen MR) is 83.9 cm³/mol. The van der Waals surface area contributed by atoms with Crippen molar-refractivity contribution in [1.29, 1.82) is 0 Å². The van der Waals surface area contributed by atoms with E-state index in [0.29, 0.717) is 11.6 Å². The van der Waals surface area contributed by atoms with E-state index in [2.05, 4.69) is 15.2 Å². The Kier molecular flexibility index (Phi) is 4.31. The minimum Gasteiger partial charge on any atom is -0.497 e. The molecule has 0 aliphatic heterocycles. The summed E-state index contributed by atoms with van der Waals surface area (Å²) in [4.78, 5) is 16.2. The van der Waals surface area contributed by atoms with Crippen molar-refractivity contribution in [3.05, 3.63) is 56.8 Å². The average Bonchev–Trinajstić information content (AvgIpc) is 3.04. The molecule has 0 unspecified atom stereocenters. The van der Waals surface area contributed by atoms with E-state index in [9.17, 15) is 4.79 Å². The van der Waals surface area contributed by atoms with E-state index >= 15 is 0 Å². The summed E-state index contributed by atoms with van der Waals surface area (Å²) >= 11 is 11.5. The van der Waals surface area contributed by atoms with Crippen LogP contribution in [0.5, 0.6) is 5.75 Å². The molecule has 0 atom stereocenters. The fourth-order valence-electron chi connectivity index (χ4n) is 1.88. The topological polar surface area (TPSA) is 83.0 Å². The van der Waals surface area contributed by atoms with Crippen LogP contribution in [0.15, 0.2) is 39.8 Å². The highest BCUT2D eigenvalue weighted by Crippen LogP contribution is 2.21. The summed E-state index contributed by atoms with van der Waals surface area (Å²) in [5.41, 5.74) is 0.203. The second-order valence-corrected chi connectivity index (χ2v) is 5.30. The average molecular weight is 353 g/mol. The molecule has 0 N–H and O–H groups in total. The number of aromatic nitrogens is 4. The van der Waals surface area contributed by atoms with Crippen LogP contribution in [0.3, 0.4) is 0 Å². The van der Waals surface area contributed by atoms with Crippen LogP contribution >= 0.6 is 23.2 Å². The Bertz CT molecular complexity index is 907. The Morgan fingerprint density at radius 1 is 1.35 bits per heavy atom. The number of methoxy groups -OCH3 is 1. The maximum Gasteiger partial charge on any atom is 0.287 e. The van der Waals surface area contributed by atoms with Gasteiger partial charge in [0.25, 0.3) is 5.56 Å². The van der Waals surface area contributed by atoms with Crippen molar-refractivity contribution in [2.75, 3.05) is 7.11 Å². The Hall–Kier alpha value is -2.38. The Labute approximate surface area is 140 Å². The van der Waals surface area contributed by atoms with Crippen LogP contribution in [0.2, 0.25) is 10.0 Å². The molecular weight excluding hydrogens is 343 g/mol. The third-order valence-electron chi connectivity index (χ3n) is 3.02. The molecular formula is C14H10Cl2N4O3. The zero-order valence-corrected chi connectivity index (χ0v) is 13.4. The number of nitrogens with zero attached hydrogens (tertiary/aromatic N) is 4. The van der Waals surface area contributed by atoms with E-state index in [1.807, 2.05) is 18.2 Å². The Morgan fingerprint density at radius 2 is 2.17 bits per heavy atom. The molecule has 3 aromatic rings. The highest BCUT2D eigenvalue weighted by molar-refractivity contribution is 6.41. The van der Waals surface area contributed by atoms with Crippen molar-refractivity contribution < 1.29 is 9.26 Å². The summed E-state index contributed by atoms with van der Waals surface area (Å²) in [5.74, 6) is 1.28. The number of halogens is 2. The van der Waals surface area contributed by atoms with Crippen molar-refractivity contribution in [2.45, 2.75) is 6.54 Å². The molecule has 0 aliphatic rings. The summed E-state index contributed by atoms with van der Waals surface area (Å²) in [5, 5.41) is 7.76. The number of ether oxygens (including phenoxy) is 1. The van der Waals surface area contributed by atoms with Gasteiger partial charge in [-0.25, -0.2) is 4.68 Å². The summed E-state index contributed by atoms with van der Waals surface area (Å²) in [6.45, 7) is -0.00725. The van der Waals surface area contributed by atoms with Gasteiger partial charge in [0.1, 0.15) is 17.3 Å². The van der Waals surface area contributed by atoms with Crippen molar-refractivity contribution in [3.8, 4) is 17.1 Å². The SMILES string of the molecule is COc1cccc(-c2noc(Cn3ncc(Cl)c(Cl)c3=O)n2)c1. The quantitative estimate of drug-likeness (QED) is 0.717. The largest absolute Gasteiger partial charge is 0.497 e. The first-order valence-electron chi connectivity index (χ1n) is 6.46. The van der Waals surface area contributed by atoms with Gasteiger partial charge in [-0.15, -0.1) is 0 Å². The highest BCUT2D eigenvalue weighted by atomic mass is 35.5. The zero-order valence-electron chi connectivity index (χ0n) is 11.9. The van der Waals surface area contributed by atoms with Crippen LogP contribution < -0.4 is 10.3 Å². The van der Waals surface area contributed by atoms with Gasteiger partial charge in [-0.2, -0.15) is 10.1 Å². The van der Waals surface area contributed by atoms with Gasteiger partial charge in [-0.05, 0) is 12.1 Å². The highest BCUT2D eigenvalue weighted by Gasteiger charge is 2.13. The molecule has 0 aliphatic carbocycles. The molecule has 0 amide bonds. The van der Waals surface area contributed by atoms with Gasteiger partial charge < -0.3 is 9.26 Å².